The number of nitrogens with zero attached hydrogens (tertiary/aromatic N) is 1. The molecule has 1 unspecified atom stereocenters. The summed E-state index contributed by atoms with van der Waals surface area (Å²) in [5, 5.41) is 3.27. The van der Waals surface area contributed by atoms with Gasteiger partial charge in [-0.25, -0.2) is 13.2 Å². The topological polar surface area (TPSA) is 111 Å². The standard InChI is InChI=1S/C24H30N2O7S2/c1-4-33-24(28)21-17-7-5-15(2)13-19(17)34-23(21)25-22(27)16-6-8-18(31-3)20(14-16)35(29,30)26-9-11-32-12-10-26/h6,8,14-15H,4-5,7,9-13H2,1-3H3,(H,25,27). The lowest BCUT2D eigenvalue weighted by Crippen LogP contribution is -2.40. The van der Waals surface area contributed by atoms with Crippen LogP contribution < -0.4 is 10.1 Å². The number of nitrogens with one attached hydrogen (secondary N) is 1. The molecule has 4 rings (SSSR count). The molecule has 1 aliphatic heterocycles. The Bertz CT molecular complexity index is 1220. The third kappa shape index (κ3) is 5.23. The number of benzene rings is 1. The number of fused-ring (bicyclic) bond motifs is 1. The Morgan fingerprint density at radius 3 is 2.69 bits per heavy atom. The highest BCUT2D eigenvalue weighted by atomic mass is 32.2. The van der Waals surface area contributed by atoms with Crippen molar-refractivity contribution >= 4 is 38.2 Å². The quantitative estimate of drug-likeness (QED) is 0.555. The molecule has 2 heterocycles. The van der Waals surface area contributed by atoms with Gasteiger partial charge in [-0.3, -0.25) is 4.79 Å². The number of anilines is 1. The van der Waals surface area contributed by atoms with Crippen molar-refractivity contribution in [2.45, 2.75) is 38.0 Å². The molecule has 0 bridgehead atoms. The molecule has 0 saturated carbocycles. The number of carbonyl (C=O) groups excluding carboxylic acids is 2. The second-order valence-electron chi connectivity index (χ2n) is 8.61. The smallest absolute Gasteiger partial charge is 0.341 e. The first kappa shape index (κ1) is 25.6. The summed E-state index contributed by atoms with van der Waals surface area (Å²) in [5.74, 6) is -0.321. The molecule has 2 aromatic rings. The predicted molar refractivity (Wildman–Crippen MR) is 132 cm³/mol. The Balaban J connectivity index is 1.67. The molecule has 1 atom stereocenters. The number of amides is 1. The first-order chi connectivity index (χ1) is 16.8. The van der Waals surface area contributed by atoms with E-state index in [0.717, 1.165) is 29.7 Å². The molecule has 190 valence electrons. The van der Waals surface area contributed by atoms with E-state index in [2.05, 4.69) is 12.2 Å². The predicted octanol–water partition coefficient (Wildman–Crippen LogP) is 3.33. The minimum Gasteiger partial charge on any atom is -0.495 e. The molecule has 1 aromatic carbocycles. The SMILES string of the molecule is CCOC(=O)c1c(NC(=O)c2ccc(OC)c(S(=O)(=O)N3CCOCC3)c2)sc2c1CCC(C)C2. The molecule has 1 aromatic heterocycles. The Labute approximate surface area is 209 Å². The second-order valence-corrected chi connectivity index (χ2v) is 11.6. The number of morpholine rings is 1. The molecule has 0 spiro atoms. The van der Waals surface area contributed by atoms with Gasteiger partial charge >= 0.3 is 5.97 Å². The zero-order chi connectivity index (χ0) is 25.2. The molecule has 1 saturated heterocycles. The molecule has 9 nitrogen and oxygen atoms in total. The van der Waals surface area contributed by atoms with E-state index in [4.69, 9.17) is 14.2 Å². The third-order valence-corrected chi connectivity index (χ3v) is 9.32. The fourth-order valence-electron chi connectivity index (χ4n) is 4.38. The van der Waals surface area contributed by atoms with Crippen molar-refractivity contribution in [3.63, 3.8) is 0 Å². The van der Waals surface area contributed by atoms with Gasteiger partial charge in [-0.05, 0) is 55.9 Å². The summed E-state index contributed by atoms with van der Waals surface area (Å²) in [7, 11) is -2.51. The first-order valence-corrected chi connectivity index (χ1v) is 13.9. The van der Waals surface area contributed by atoms with Crippen LogP contribution in [0.25, 0.3) is 0 Å². The molecule has 35 heavy (non-hydrogen) atoms. The number of esters is 1. The zero-order valence-electron chi connectivity index (χ0n) is 20.1. The second kappa shape index (κ2) is 10.7. The molecule has 11 heteroatoms. The summed E-state index contributed by atoms with van der Waals surface area (Å²) < 4.78 is 43.7. The van der Waals surface area contributed by atoms with E-state index in [1.807, 2.05) is 0 Å². The minimum atomic E-state index is -3.89. The monoisotopic (exact) mass is 522 g/mol. The number of hydrogen-bond acceptors (Lipinski definition) is 8. The van der Waals surface area contributed by atoms with E-state index in [1.54, 1.807) is 6.92 Å². The summed E-state index contributed by atoms with van der Waals surface area (Å²) in [4.78, 5) is 27.0. The maximum atomic E-state index is 13.3. The van der Waals surface area contributed by atoms with Crippen molar-refractivity contribution in [1.82, 2.24) is 4.31 Å². The first-order valence-electron chi connectivity index (χ1n) is 11.6. The average molecular weight is 523 g/mol. The molecule has 1 N–H and O–H groups in total. The van der Waals surface area contributed by atoms with E-state index in [0.29, 0.717) is 29.7 Å². The number of carbonyl (C=O) groups is 2. The van der Waals surface area contributed by atoms with Gasteiger partial charge in [0.05, 0.1) is 32.5 Å². The van der Waals surface area contributed by atoms with Crippen molar-refractivity contribution in [1.29, 1.82) is 0 Å². The number of methoxy groups -OCH3 is 1. The number of rotatable bonds is 7. The lowest BCUT2D eigenvalue weighted by molar-refractivity contribution is 0.0526. The van der Waals surface area contributed by atoms with E-state index >= 15 is 0 Å². The van der Waals surface area contributed by atoms with Crippen LogP contribution in [0, 0.1) is 5.92 Å². The van der Waals surface area contributed by atoms with Gasteiger partial charge in [0.1, 0.15) is 15.6 Å². The van der Waals surface area contributed by atoms with E-state index in [1.165, 1.54) is 41.0 Å². The van der Waals surface area contributed by atoms with Crippen LogP contribution in [0.2, 0.25) is 0 Å². The normalized spacial score (nSPS) is 18.5. The Hall–Kier alpha value is -2.47. The summed E-state index contributed by atoms with van der Waals surface area (Å²) in [5.41, 5.74) is 1.49. The largest absolute Gasteiger partial charge is 0.495 e. The summed E-state index contributed by atoms with van der Waals surface area (Å²) in [6, 6.07) is 4.29. The highest BCUT2D eigenvalue weighted by Gasteiger charge is 2.32. The van der Waals surface area contributed by atoms with Crippen LogP contribution >= 0.6 is 11.3 Å². The van der Waals surface area contributed by atoms with E-state index < -0.39 is 21.9 Å². The van der Waals surface area contributed by atoms with Gasteiger partial charge in [0.25, 0.3) is 5.91 Å². The van der Waals surface area contributed by atoms with E-state index in [9.17, 15) is 18.0 Å². The molecule has 1 amide bonds. The van der Waals surface area contributed by atoms with Crippen LogP contribution in [-0.2, 0) is 32.3 Å². The fraction of sp³-hybridized carbons (Fsp3) is 0.500. The fourth-order valence-corrected chi connectivity index (χ4v) is 7.36. The molecular weight excluding hydrogens is 492 g/mol. The highest BCUT2D eigenvalue weighted by Crippen LogP contribution is 2.40. The highest BCUT2D eigenvalue weighted by molar-refractivity contribution is 7.89. The van der Waals surface area contributed by atoms with Gasteiger partial charge in [0.2, 0.25) is 10.0 Å². The van der Waals surface area contributed by atoms with Gasteiger partial charge in [-0.15, -0.1) is 11.3 Å². The molecule has 0 radical (unpaired) electrons. The number of thiophene rings is 1. The Morgan fingerprint density at radius 1 is 1.26 bits per heavy atom. The number of ether oxygens (including phenoxy) is 3. The van der Waals surface area contributed by atoms with Gasteiger partial charge in [0, 0.05) is 23.5 Å². The van der Waals surface area contributed by atoms with E-state index in [-0.39, 0.29) is 35.9 Å². The number of sulfonamides is 1. The van der Waals surface area contributed by atoms with Gasteiger partial charge in [-0.1, -0.05) is 6.92 Å². The van der Waals surface area contributed by atoms with Crippen LogP contribution in [0.3, 0.4) is 0 Å². The van der Waals surface area contributed by atoms with Crippen LogP contribution in [0.5, 0.6) is 5.75 Å². The molecule has 1 aliphatic carbocycles. The van der Waals surface area contributed by atoms with Crippen LogP contribution in [-0.4, -0.2) is 64.6 Å². The Morgan fingerprint density at radius 2 is 2.00 bits per heavy atom. The van der Waals surface area contributed by atoms with Gasteiger partial charge in [-0.2, -0.15) is 4.31 Å². The van der Waals surface area contributed by atoms with Gasteiger partial charge in [0.15, 0.2) is 0 Å². The van der Waals surface area contributed by atoms with Crippen LogP contribution in [0.1, 0.15) is 51.4 Å². The molecule has 1 fully saturated rings. The molecule has 2 aliphatic rings. The zero-order valence-corrected chi connectivity index (χ0v) is 21.7. The van der Waals surface area contributed by atoms with Crippen molar-refractivity contribution in [3.8, 4) is 5.75 Å². The summed E-state index contributed by atoms with van der Waals surface area (Å²) in [6.45, 7) is 5.20. The van der Waals surface area contributed by atoms with Gasteiger partial charge < -0.3 is 19.5 Å². The Kier molecular flexibility index (Phi) is 7.80. The minimum absolute atomic E-state index is 0.0838. The summed E-state index contributed by atoms with van der Waals surface area (Å²) >= 11 is 1.39. The average Bonchev–Trinajstić information content (AvgIpc) is 3.21. The van der Waals surface area contributed by atoms with Crippen molar-refractivity contribution in [2.24, 2.45) is 5.92 Å². The van der Waals surface area contributed by atoms with Crippen molar-refractivity contribution < 1.29 is 32.2 Å². The lowest BCUT2D eigenvalue weighted by atomic mass is 9.88. The maximum Gasteiger partial charge on any atom is 0.341 e. The lowest BCUT2D eigenvalue weighted by Gasteiger charge is -2.26. The third-order valence-electron chi connectivity index (χ3n) is 6.23. The number of hydrogen-bond donors (Lipinski definition) is 1. The van der Waals surface area contributed by atoms with Crippen LogP contribution in [0.4, 0.5) is 5.00 Å². The molecular formula is C24H30N2O7S2. The van der Waals surface area contributed by atoms with Crippen molar-refractivity contribution in [2.75, 3.05) is 45.3 Å². The maximum absolute atomic E-state index is 13.3. The van der Waals surface area contributed by atoms with Crippen molar-refractivity contribution in [3.05, 3.63) is 39.8 Å². The van der Waals surface area contributed by atoms with Crippen LogP contribution in [0.15, 0.2) is 23.1 Å². The summed E-state index contributed by atoms with van der Waals surface area (Å²) in [6.07, 6.45) is 2.55.